The fraction of sp³-hybridized carbons (Fsp3) is 0.304. The Morgan fingerprint density at radius 2 is 1.91 bits per heavy atom. The molecular weight excluding hydrogens is 422 g/mol. The number of hydrogen-bond donors (Lipinski definition) is 2. The van der Waals surface area contributed by atoms with E-state index in [2.05, 4.69) is 25.6 Å². The molecule has 4 rings (SSSR count). The van der Waals surface area contributed by atoms with E-state index in [1.54, 1.807) is 47.2 Å². The van der Waals surface area contributed by atoms with Gasteiger partial charge in [0.2, 0.25) is 5.91 Å². The SMILES string of the molecule is CN=C(NCc1cccc(NC(=O)Cn2cccn2)c1)N1CCN(C(=O)c2ccco2)CC1. The van der Waals surface area contributed by atoms with Crippen molar-refractivity contribution in [2.75, 3.05) is 38.5 Å². The van der Waals surface area contributed by atoms with Gasteiger partial charge in [0.1, 0.15) is 6.54 Å². The summed E-state index contributed by atoms with van der Waals surface area (Å²) in [5.41, 5.74) is 1.74. The highest BCUT2D eigenvalue weighted by molar-refractivity contribution is 5.92. The van der Waals surface area contributed by atoms with Gasteiger partial charge in [-0.05, 0) is 35.9 Å². The summed E-state index contributed by atoms with van der Waals surface area (Å²) in [6, 6.07) is 12.9. The quantitative estimate of drug-likeness (QED) is 0.438. The van der Waals surface area contributed by atoms with Crippen molar-refractivity contribution < 1.29 is 14.0 Å². The van der Waals surface area contributed by atoms with Crippen LogP contribution in [0.25, 0.3) is 0 Å². The van der Waals surface area contributed by atoms with Crippen LogP contribution in [0.2, 0.25) is 0 Å². The van der Waals surface area contributed by atoms with Crippen molar-refractivity contribution in [1.82, 2.24) is 24.9 Å². The number of furan rings is 1. The number of nitrogens with one attached hydrogen (secondary N) is 2. The van der Waals surface area contributed by atoms with E-state index < -0.39 is 0 Å². The molecule has 10 heteroatoms. The third kappa shape index (κ3) is 5.79. The Morgan fingerprint density at radius 1 is 1.09 bits per heavy atom. The standard InChI is InChI=1S/C23H27N7O3/c1-24-23(29-12-10-28(11-13-29)22(32)20-7-3-14-33-20)25-16-18-5-2-6-19(15-18)27-21(31)17-30-9-4-8-26-30/h2-9,14-15H,10-13,16-17H2,1H3,(H,24,25)(H,27,31). The zero-order valence-corrected chi connectivity index (χ0v) is 18.5. The lowest BCUT2D eigenvalue weighted by Gasteiger charge is -2.36. The summed E-state index contributed by atoms with van der Waals surface area (Å²) in [5.74, 6) is 0.909. The molecule has 172 valence electrons. The van der Waals surface area contributed by atoms with Gasteiger partial charge in [0.25, 0.3) is 5.91 Å². The van der Waals surface area contributed by atoms with Crippen LogP contribution in [0.1, 0.15) is 16.1 Å². The number of anilines is 1. The third-order valence-electron chi connectivity index (χ3n) is 5.34. The molecule has 3 heterocycles. The summed E-state index contributed by atoms with van der Waals surface area (Å²) >= 11 is 0. The maximum Gasteiger partial charge on any atom is 0.289 e. The first-order chi connectivity index (χ1) is 16.1. The molecular formula is C23H27N7O3. The fourth-order valence-electron chi connectivity index (χ4n) is 3.69. The Kier molecular flexibility index (Phi) is 7.03. The smallest absolute Gasteiger partial charge is 0.289 e. The molecule has 33 heavy (non-hydrogen) atoms. The summed E-state index contributed by atoms with van der Waals surface area (Å²) in [6.45, 7) is 3.26. The van der Waals surface area contributed by atoms with Crippen molar-refractivity contribution in [2.24, 2.45) is 4.99 Å². The zero-order valence-electron chi connectivity index (χ0n) is 18.5. The number of benzene rings is 1. The molecule has 10 nitrogen and oxygen atoms in total. The van der Waals surface area contributed by atoms with Gasteiger partial charge in [-0.25, -0.2) is 0 Å². The fourth-order valence-corrected chi connectivity index (χ4v) is 3.69. The van der Waals surface area contributed by atoms with Crippen LogP contribution in [0.4, 0.5) is 5.69 Å². The summed E-state index contributed by atoms with van der Waals surface area (Å²) in [6.07, 6.45) is 4.90. The molecule has 2 N–H and O–H groups in total. The summed E-state index contributed by atoms with van der Waals surface area (Å²) in [4.78, 5) is 33.0. The lowest BCUT2D eigenvalue weighted by molar-refractivity contribution is -0.116. The minimum absolute atomic E-state index is 0.0889. The van der Waals surface area contributed by atoms with Crippen molar-refractivity contribution in [3.63, 3.8) is 0 Å². The summed E-state index contributed by atoms with van der Waals surface area (Å²) in [5, 5.41) is 10.3. The molecule has 1 aliphatic heterocycles. The van der Waals surface area contributed by atoms with Crippen LogP contribution in [0.15, 0.2) is 70.5 Å². The average Bonchev–Trinajstić information content (AvgIpc) is 3.54. The summed E-state index contributed by atoms with van der Waals surface area (Å²) < 4.78 is 6.80. The number of hydrogen-bond acceptors (Lipinski definition) is 5. The van der Waals surface area contributed by atoms with Crippen molar-refractivity contribution in [1.29, 1.82) is 0 Å². The molecule has 0 spiro atoms. The second-order valence-electron chi connectivity index (χ2n) is 7.61. The molecule has 2 amide bonds. The largest absolute Gasteiger partial charge is 0.459 e. The lowest BCUT2D eigenvalue weighted by atomic mass is 10.2. The van der Waals surface area contributed by atoms with Gasteiger partial charge in [0, 0.05) is 57.9 Å². The van der Waals surface area contributed by atoms with E-state index in [1.165, 1.54) is 6.26 Å². The Balaban J connectivity index is 1.27. The Bertz CT molecular complexity index is 1090. The molecule has 2 aromatic heterocycles. The van der Waals surface area contributed by atoms with Crippen LogP contribution in [0.5, 0.6) is 0 Å². The second-order valence-corrected chi connectivity index (χ2v) is 7.61. The van der Waals surface area contributed by atoms with Gasteiger partial charge in [-0.2, -0.15) is 5.10 Å². The number of guanidine groups is 1. The number of piperazine rings is 1. The topological polar surface area (TPSA) is 108 Å². The number of aliphatic imine (C=N–C) groups is 1. The Morgan fingerprint density at radius 3 is 2.61 bits per heavy atom. The number of amides is 2. The molecule has 0 atom stereocenters. The first-order valence-electron chi connectivity index (χ1n) is 10.8. The predicted molar refractivity (Wildman–Crippen MR) is 124 cm³/mol. The Hall–Kier alpha value is -4.08. The van der Waals surface area contributed by atoms with Gasteiger partial charge in [-0.15, -0.1) is 0 Å². The molecule has 0 unspecified atom stereocenters. The lowest BCUT2D eigenvalue weighted by Crippen LogP contribution is -2.53. The van der Waals surface area contributed by atoms with E-state index in [0.717, 1.165) is 17.2 Å². The molecule has 1 aromatic carbocycles. The van der Waals surface area contributed by atoms with E-state index >= 15 is 0 Å². The zero-order chi connectivity index (χ0) is 23.0. The first-order valence-corrected chi connectivity index (χ1v) is 10.8. The van der Waals surface area contributed by atoms with Gasteiger partial charge >= 0.3 is 0 Å². The van der Waals surface area contributed by atoms with Crippen molar-refractivity contribution in [2.45, 2.75) is 13.1 Å². The predicted octanol–water partition coefficient (Wildman–Crippen LogP) is 1.65. The molecule has 1 saturated heterocycles. The molecule has 1 aliphatic rings. The van der Waals surface area contributed by atoms with Gasteiger partial charge in [-0.1, -0.05) is 12.1 Å². The molecule has 0 saturated carbocycles. The van der Waals surface area contributed by atoms with Crippen molar-refractivity contribution >= 4 is 23.5 Å². The number of carbonyl (C=O) groups is 2. The van der Waals surface area contributed by atoms with Gasteiger partial charge in [-0.3, -0.25) is 19.3 Å². The second kappa shape index (κ2) is 10.5. The monoisotopic (exact) mass is 449 g/mol. The molecule has 3 aromatic rings. The third-order valence-corrected chi connectivity index (χ3v) is 5.34. The Labute approximate surface area is 191 Å². The highest BCUT2D eigenvalue weighted by Crippen LogP contribution is 2.12. The van der Waals surface area contributed by atoms with E-state index in [0.29, 0.717) is 38.5 Å². The molecule has 1 fully saturated rings. The van der Waals surface area contributed by atoms with Crippen molar-refractivity contribution in [3.05, 3.63) is 72.4 Å². The molecule has 0 aliphatic carbocycles. The molecule has 0 radical (unpaired) electrons. The number of carbonyl (C=O) groups excluding carboxylic acids is 2. The number of nitrogens with zero attached hydrogens (tertiary/aromatic N) is 5. The summed E-state index contributed by atoms with van der Waals surface area (Å²) in [7, 11) is 1.74. The van der Waals surface area contributed by atoms with Crippen LogP contribution in [-0.4, -0.2) is 70.6 Å². The van der Waals surface area contributed by atoms with Crippen LogP contribution >= 0.6 is 0 Å². The van der Waals surface area contributed by atoms with Gasteiger partial charge in [0.05, 0.1) is 6.26 Å². The van der Waals surface area contributed by atoms with Crippen molar-refractivity contribution in [3.8, 4) is 0 Å². The normalized spacial score (nSPS) is 14.3. The maximum absolute atomic E-state index is 12.4. The van der Waals surface area contributed by atoms with Crippen LogP contribution < -0.4 is 10.6 Å². The minimum atomic E-state index is -0.137. The van der Waals surface area contributed by atoms with E-state index in [1.807, 2.05) is 24.3 Å². The first kappa shape index (κ1) is 22.1. The minimum Gasteiger partial charge on any atom is -0.459 e. The van der Waals surface area contributed by atoms with Gasteiger partial charge in [0.15, 0.2) is 11.7 Å². The number of rotatable bonds is 6. The number of aromatic nitrogens is 2. The van der Waals surface area contributed by atoms with Crippen LogP contribution in [-0.2, 0) is 17.9 Å². The molecule has 0 bridgehead atoms. The highest BCUT2D eigenvalue weighted by Gasteiger charge is 2.25. The van der Waals surface area contributed by atoms with E-state index in [4.69, 9.17) is 4.42 Å². The van der Waals surface area contributed by atoms with Gasteiger partial charge < -0.3 is 24.9 Å². The van der Waals surface area contributed by atoms with E-state index in [-0.39, 0.29) is 18.4 Å². The highest BCUT2D eigenvalue weighted by atomic mass is 16.3. The van der Waals surface area contributed by atoms with Crippen LogP contribution in [0, 0.1) is 0 Å². The maximum atomic E-state index is 12.4. The average molecular weight is 450 g/mol. The van der Waals surface area contributed by atoms with Crippen LogP contribution in [0.3, 0.4) is 0 Å². The van der Waals surface area contributed by atoms with E-state index in [9.17, 15) is 9.59 Å².